The maximum absolute atomic E-state index is 3.71. The molecule has 2 rings (SSSR count). The van der Waals surface area contributed by atoms with Crippen LogP contribution >= 0.6 is 0 Å². The molecule has 0 radical (unpaired) electrons. The molecular weight excluding hydrogens is 196 g/mol. The minimum atomic E-state index is 0.797. The van der Waals surface area contributed by atoms with E-state index in [1.165, 1.54) is 64.5 Å². The SMILES string of the molecule is CNC1CCC(CNCC2CCCC2)CC1. The first-order valence-corrected chi connectivity index (χ1v) is 7.26. The third kappa shape index (κ3) is 3.74. The Hall–Kier alpha value is -0.0800. The predicted octanol–water partition coefficient (Wildman–Crippen LogP) is 2.54. The molecule has 2 aliphatic rings. The second-order valence-electron chi connectivity index (χ2n) is 5.82. The fraction of sp³-hybridized carbons (Fsp3) is 1.00. The summed E-state index contributed by atoms with van der Waals surface area (Å²) in [5.41, 5.74) is 0. The highest BCUT2D eigenvalue weighted by molar-refractivity contribution is 4.78. The fourth-order valence-electron chi connectivity index (χ4n) is 3.36. The number of hydrogen-bond donors (Lipinski definition) is 2. The normalized spacial score (nSPS) is 32.1. The van der Waals surface area contributed by atoms with Gasteiger partial charge < -0.3 is 10.6 Å². The van der Waals surface area contributed by atoms with E-state index in [0.717, 1.165) is 17.9 Å². The van der Waals surface area contributed by atoms with E-state index in [9.17, 15) is 0 Å². The number of nitrogens with one attached hydrogen (secondary N) is 2. The van der Waals surface area contributed by atoms with E-state index >= 15 is 0 Å². The molecule has 2 nitrogen and oxygen atoms in total. The van der Waals surface area contributed by atoms with Crippen LogP contribution in [0.15, 0.2) is 0 Å². The fourth-order valence-corrected chi connectivity index (χ4v) is 3.36. The summed E-state index contributed by atoms with van der Waals surface area (Å²) in [6, 6.07) is 0.797. The lowest BCUT2D eigenvalue weighted by atomic mass is 9.86. The quantitative estimate of drug-likeness (QED) is 0.750. The van der Waals surface area contributed by atoms with Gasteiger partial charge in [-0.25, -0.2) is 0 Å². The van der Waals surface area contributed by atoms with Crippen LogP contribution in [0.2, 0.25) is 0 Å². The third-order valence-electron chi connectivity index (χ3n) is 4.60. The summed E-state index contributed by atoms with van der Waals surface area (Å²) < 4.78 is 0. The summed E-state index contributed by atoms with van der Waals surface area (Å²) in [5, 5.41) is 7.11. The summed E-state index contributed by atoms with van der Waals surface area (Å²) in [4.78, 5) is 0. The molecule has 94 valence electrons. The van der Waals surface area contributed by atoms with E-state index in [1.807, 2.05) is 0 Å². The summed E-state index contributed by atoms with van der Waals surface area (Å²) in [7, 11) is 2.10. The van der Waals surface area contributed by atoms with Crippen molar-refractivity contribution in [2.24, 2.45) is 11.8 Å². The molecule has 0 spiro atoms. The van der Waals surface area contributed by atoms with E-state index in [0.29, 0.717) is 0 Å². The van der Waals surface area contributed by atoms with Gasteiger partial charge in [0.25, 0.3) is 0 Å². The topological polar surface area (TPSA) is 24.1 Å². The monoisotopic (exact) mass is 224 g/mol. The van der Waals surface area contributed by atoms with E-state index in [-0.39, 0.29) is 0 Å². The van der Waals surface area contributed by atoms with Gasteiger partial charge in [0.05, 0.1) is 0 Å². The van der Waals surface area contributed by atoms with Crippen molar-refractivity contribution in [3.05, 3.63) is 0 Å². The van der Waals surface area contributed by atoms with Crippen LogP contribution < -0.4 is 10.6 Å². The number of hydrogen-bond acceptors (Lipinski definition) is 2. The lowest BCUT2D eigenvalue weighted by Crippen LogP contribution is -2.34. The van der Waals surface area contributed by atoms with E-state index in [4.69, 9.17) is 0 Å². The Balaban J connectivity index is 1.53. The van der Waals surface area contributed by atoms with Crippen molar-refractivity contribution in [1.82, 2.24) is 10.6 Å². The van der Waals surface area contributed by atoms with Gasteiger partial charge in [-0.3, -0.25) is 0 Å². The van der Waals surface area contributed by atoms with Gasteiger partial charge in [-0.1, -0.05) is 12.8 Å². The molecule has 0 saturated heterocycles. The predicted molar refractivity (Wildman–Crippen MR) is 69.6 cm³/mol. The first-order valence-electron chi connectivity index (χ1n) is 7.26. The van der Waals surface area contributed by atoms with Crippen molar-refractivity contribution in [3.63, 3.8) is 0 Å². The lowest BCUT2D eigenvalue weighted by Gasteiger charge is -2.28. The molecule has 0 unspecified atom stereocenters. The second-order valence-corrected chi connectivity index (χ2v) is 5.82. The van der Waals surface area contributed by atoms with Gasteiger partial charge in [0.1, 0.15) is 0 Å². The minimum Gasteiger partial charge on any atom is -0.317 e. The minimum absolute atomic E-state index is 0.797. The largest absolute Gasteiger partial charge is 0.317 e. The molecular formula is C14H28N2. The van der Waals surface area contributed by atoms with Crippen LogP contribution in [0, 0.1) is 11.8 Å². The highest BCUT2D eigenvalue weighted by atomic mass is 14.9. The Bertz CT molecular complexity index is 179. The second kappa shape index (κ2) is 6.61. The van der Waals surface area contributed by atoms with Crippen molar-refractivity contribution in [2.45, 2.75) is 57.4 Å². The van der Waals surface area contributed by atoms with Gasteiger partial charge in [0, 0.05) is 6.04 Å². The van der Waals surface area contributed by atoms with Crippen molar-refractivity contribution < 1.29 is 0 Å². The Morgan fingerprint density at radius 2 is 1.38 bits per heavy atom. The number of rotatable bonds is 5. The molecule has 0 aromatic carbocycles. The third-order valence-corrected chi connectivity index (χ3v) is 4.60. The Morgan fingerprint density at radius 3 is 1.94 bits per heavy atom. The smallest absolute Gasteiger partial charge is 0.00642 e. The highest BCUT2D eigenvalue weighted by Crippen LogP contribution is 2.25. The highest BCUT2D eigenvalue weighted by Gasteiger charge is 2.20. The molecule has 2 saturated carbocycles. The molecule has 0 aliphatic heterocycles. The molecule has 2 fully saturated rings. The molecule has 0 aromatic heterocycles. The lowest BCUT2D eigenvalue weighted by molar-refractivity contribution is 0.288. The standard InChI is InChI=1S/C14H28N2/c1-15-14-8-6-13(7-9-14)11-16-10-12-4-2-3-5-12/h12-16H,2-11H2,1H3. The van der Waals surface area contributed by atoms with Crippen molar-refractivity contribution >= 4 is 0 Å². The molecule has 0 heterocycles. The van der Waals surface area contributed by atoms with Crippen molar-refractivity contribution in [3.8, 4) is 0 Å². The van der Waals surface area contributed by atoms with Crippen LogP contribution in [0.4, 0.5) is 0 Å². The molecule has 16 heavy (non-hydrogen) atoms. The molecule has 0 amide bonds. The van der Waals surface area contributed by atoms with E-state index in [1.54, 1.807) is 0 Å². The Kier molecular flexibility index (Phi) is 5.11. The van der Waals surface area contributed by atoms with Gasteiger partial charge in [0.15, 0.2) is 0 Å². The Morgan fingerprint density at radius 1 is 0.812 bits per heavy atom. The van der Waals surface area contributed by atoms with Crippen molar-refractivity contribution in [2.75, 3.05) is 20.1 Å². The van der Waals surface area contributed by atoms with Crippen LogP contribution in [0.5, 0.6) is 0 Å². The molecule has 2 heteroatoms. The van der Waals surface area contributed by atoms with Crippen LogP contribution in [0.3, 0.4) is 0 Å². The Labute approximate surface area is 101 Å². The zero-order chi connectivity index (χ0) is 11.2. The maximum Gasteiger partial charge on any atom is 0.00642 e. The average molecular weight is 224 g/mol. The summed E-state index contributed by atoms with van der Waals surface area (Å²) in [6.45, 7) is 2.55. The molecule has 2 aliphatic carbocycles. The summed E-state index contributed by atoms with van der Waals surface area (Å²) >= 11 is 0. The molecule has 0 atom stereocenters. The maximum atomic E-state index is 3.71. The zero-order valence-electron chi connectivity index (χ0n) is 10.8. The molecule has 2 N–H and O–H groups in total. The molecule has 0 aromatic rings. The molecule has 0 bridgehead atoms. The van der Waals surface area contributed by atoms with Crippen molar-refractivity contribution in [1.29, 1.82) is 0 Å². The first kappa shape index (κ1) is 12.4. The summed E-state index contributed by atoms with van der Waals surface area (Å²) in [6.07, 6.45) is 11.5. The van der Waals surface area contributed by atoms with Gasteiger partial charge in [0.2, 0.25) is 0 Å². The first-order chi connectivity index (χ1) is 7.88. The van der Waals surface area contributed by atoms with Gasteiger partial charge in [-0.2, -0.15) is 0 Å². The summed E-state index contributed by atoms with van der Waals surface area (Å²) in [5.74, 6) is 1.94. The van der Waals surface area contributed by atoms with Crippen LogP contribution in [-0.2, 0) is 0 Å². The van der Waals surface area contributed by atoms with Crippen LogP contribution in [0.1, 0.15) is 51.4 Å². The van der Waals surface area contributed by atoms with E-state index in [2.05, 4.69) is 17.7 Å². The van der Waals surface area contributed by atoms with Gasteiger partial charge >= 0.3 is 0 Å². The van der Waals surface area contributed by atoms with E-state index < -0.39 is 0 Å². The van der Waals surface area contributed by atoms with Gasteiger partial charge in [-0.05, 0) is 70.5 Å². The zero-order valence-corrected chi connectivity index (χ0v) is 10.8. The van der Waals surface area contributed by atoms with Crippen LogP contribution in [0.25, 0.3) is 0 Å². The van der Waals surface area contributed by atoms with Gasteiger partial charge in [-0.15, -0.1) is 0 Å². The average Bonchev–Trinajstić information content (AvgIpc) is 2.83. The van der Waals surface area contributed by atoms with Crippen LogP contribution in [-0.4, -0.2) is 26.2 Å².